The van der Waals surface area contributed by atoms with Crippen molar-refractivity contribution in [3.05, 3.63) is 29.3 Å². The van der Waals surface area contributed by atoms with Crippen LogP contribution in [0.5, 0.6) is 0 Å². The van der Waals surface area contributed by atoms with Crippen LogP contribution in [0.15, 0.2) is 28.5 Å². The van der Waals surface area contributed by atoms with Crippen LogP contribution in [0.4, 0.5) is 5.82 Å². The lowest BCUT2D eigenvalue weighted by Gasteiger charge is -2.07. The first kappa shape index (κ1) is 14.7. The molecule has 21 heavy (non-hydrogen) atoms. The Labute approximate surface area is 126 Å². The Kier molecular flexibility index (Phi) is 4.64. The second kappa shape index (κ2) is 6.63. The van der Waals surface area contributed by atoms with E-state index in [-0.39, 0.29) is 5.28 Å². The number of aliphatic imine (C=N–C) groups is 2. The Bertz CT molecular complexity index is 767. The standard InChI is InChI=1S/C13H12ClN7/c1-16-4-3-9(17-2)7-19-12-10-8(5-15)6-18-11(10)20-13(14)21-12/h3-4,6H,1,7H2,2H3,(H2,18,19,20,21)/b4-3-,17-9+. The van der Waals surface area contributed by atoms with Gasteiger partial charge in [-0.3, -0.25) is 9.98 Å². The molecular weight excluding hydrogens is 290 g/mol. The number of nitrogens with zero attached hydrogens (tertiary/aromatic N) is 5. The summed E-state index contributed by atoms with van der Waals surface area (Å²) in [6, 6.07) is 2.08. The highest BCUT2D eigenvalue weighted by Gasteiger charge is 2.13. The van der Waals surface area contributed by atoms with Crippen LogP contribution in [-0.4, -0.2) is 41.0 Å². The van der Waals surface area contributed by atoms with E-state index >= 15 is 0 Å². The van der Waals surface area contributed by atoms with Crippen LogP contribution >= 0.6 is 11.6 Å². The van der Waals surface area contributed by atoms with E-state index < -0.39 is 0 Å². The number of H-pyrrole nitrogens is 1. The fourth-order valence-electron chi connectivity index (χ4n) is 1.75. The number of aromatic nitrogens is 3. The van der Waals surface area contributed by atoms with Gasteiger partial charge in [-0.2, -0.15) is 15.2 Å². The van der Waals surface area contributed by atoms with Crippen molar-refractivity contribution in [2.45, 2.75) is 0 Å². The van der Waals surface area contributed by atoms with E-state index in [1.807, 2.05) is 0 Å². The van der Waals surface area contributed by atoms with Gasteiger partial charge in [0.05, 0.1) is 23.2 Å². The van der Waals surface area contributed by atoms with Gasteiger partial charge < -0.3 is 10.3 Å². The Morgan fingerprint density at radius 3 is 3.10 bits per heavy atom. The fraction of sp³-hybridized carbons (Fsp3) is 0.154. The third-order valence-electron chi connectivity index (χ3n) is 2.72. The molecular formula is C13H12ClN7. The molecule has 0 radical (unpaired) electrons. The summed E-state index contributed by atoms with van der Waals surface area (Å²) in [5, 5.41) is 12.9. The van der Waals surface area contributed by atoms with E-state index in [1.165, 1.54) is 0 Å². The number of nitriles is 1. The number of rotatable bonds is 5. The topological polar surface area (TPSA) is 102 Å². The van der Waals surface area contributed by atoms with Crippen molar-refractivity contribution in [2.24, 2.45) is 9.98 Å². The zero-order valence-electron chi connectivity index (χ0n) is 11.3. The maximum atomic E-state index is 9.12. The van der Waals surface area contributed by atoms with Gasteiger partial charge in [-0.25, -0.2) is 0 Å². The smallest absolute Gasteiger partial charge is 0.226 e. The number of nitrogens with one attached hydrogen (secondary N) is 2. The molecule has 0 amide bonds. The van der Waals surface area contributed by atoms with Gasteiger partial charge in [0.25, 0.3) is 0 Å². The average Bonchev–Trinajstić information content (AvgIpc) is 2.90. The normalized spacial score (nSPS) is 11.8. The summed E-state index contributed by atoms with van der Waals surface area (Å²) < 4.78 is 0. The largest absolute Gasteiger partial charge is 0.364 e. The predicted octanol–water partition coefficient (Wildman–Crippen LogP) is 2.18. The molecule has 2 heterocycles. The molecule has 0 saturated heterocycles. The first-order valence-electron chi connectivity index (χ1n) is 5.96. The van der Waals surface area contributed by atoms with Crippen LogP contribution in [0.25, 0.3) is 11.0 Å². The van der Waals surface area contributed by atoms with Crippen LogP contribution in [0, 0.1) is 11.3 Å². The molecule has 0 saturated carbocycles. The quantitative estimate of drug-likeness (QED) is 0.652. The minimum absolute atomic E-state index is 0.0922. The monoisotopic (exact) mass is 301 g/mol. The van der Waals surface area contributed by atoms with E-state index in [1.54, 1.807) is 25.5 Å². The lowest BCUT2D eigenvalue weighted by molar-refractivity contribution is 1.18. The highest BCUT2D eigenvalue weighted by Crippen LogP contribution is 2.24. The lowest BCUT2D eigenvalue weighted by atomic mass is 10.2. The maximum Gasteiger partial charge on any atom is 0.226 e. The third-order valence-corrected chi connectivity index (χ3v) is 2.89. The van der Waals surface area contributed by atoms with Crippen LogP contribution in [0.3, 0.4) is 0 Å². The summed E-state index contributed by atoms with van der Waals surface area (Å²) in [7, 11) is 1.67. The number of hydrogen-bond donors (Lipinski definition) is 2. The van der Waals surface area contributed by atoms with Gasteiger partial charge in [-0.05, 0) is 24.4 Å². The molecule has 0 aliphatic rings. The summed E-state index contributed by atoms with van der Waals surface area (Å²) in [6.45, 7) is 3.77. The van der Waals surface area contributed by atoms with Crippen LogP contribution in [0.2, 0.25) is 5.28 Å². The Balaban J connectivity index is 2.33. The second-order valence-corrected chi connectivity index (χ2v) is 4.28. The van der Waals surface area contributed by atoms with Crippen molar-refractivity contribution in [3.8, 4) is 6.07 Å². The Morgan fingerprint density at radius 2 is 2.43 bits per heavy atom. The third kappa shape index (κ3) is 3.24. The molecule has 0 unspecified atom stereocenters. The first-order valence-corrected chi connectivity index (χ1v) is 6.34. The number of hydrogen-bond acceptors (Lipinski definition) is 6. The summed E-state index contributed by atoms with van der Waals surface area (Å²) in [6.07, 6.45) is 4.84. The van der Waals surface area contributed by atoms with Crippen LogP contribution in [-0.2, 0) is 0 Å². The molecule has 2 aromatic rings. The summed E-state index contributed by atoms with van der Waals surface area (Å²) in [4.78, 5) is 18.8. The van der Waals surface area contributed by atoms with E-state index in [0.717, 1.165) is 5.71 Å². The molecule has 0 aliphatic carbocycles. The van der Waals surface area contributed by atoms with Gasteiger partial charge in [0, 0.05) is 19.4 Å². The Morgan fingerprint density at radius 1 is 1.62 bits per heavy atom. The summed E-state index contributed by atoms with van der Waals surface area (Å²) in [5.41, 5.74) is 1.70. The number of aromatic amines is 1. The van der Waals surface area contributed by atoms with Crippen LogP contribution in [0.1, 0.15) is 5.56 Å². The molecule has 2 rings (SSSR count). The molecule has 0 aromatic carbocycles. The van der Waals surface area contributed by atoms with Gasteiger partial charge in [0.15, 0.2) is 0 Å². The average molecular weight is 302 g/mol. The van der Waals surface area contributed by atoms with Gasteiger partial charge in [-0.15, -0.1) is 0 Å². The molecule has 0 atom stereocenters. The van der Waals surface area contributed by atoms with Gasteiger partial charge in [0.2, 0.25) is 5.28 Å². The maximum absolute atomic E-state index is 9.12. The van der Waals surface area contributed by atoms with E-state index in [0.29, 0.717) is 29.0 Å². The molecule has 106 valence electrons. The molecule has 7 nitrogen and oxygen atoms in total. The molecule has 0 aliphatic heterocycles. The van der Waals surface area contributed by atoms with Crippen LogP contribution < -0.4 is 5.32 Å². The number of fused-ring (bicyclic) bond motifs is 1. The van der Waals surface area contributed by atoms with Gasteiger partial charge >= 0.3 is 0 Å². The van der Waals surface area contributed by atoms with E-state index in [2.05, 4.69) is 43.0 Å². The molecule has 8 heteroatoms. The highest BCUT2D eigenvalue weighted by atomic mass is 35.5. The molecule has 2 aromatic heterocycles. The fourth-order valence-corrected chi connectivity index (χ4v) is 1.92. The summed E-state index contributed by atoms with van der Waals surface area (Å²) in [5.74, 6) is 0.476. The van der Waals surface area contributed by atoms with Crippen molar-refractivity contribution in [2.75, 3.05) is 18.9 Å². The first-order chi connectivity index (χ1) is 10.2. The molecule has 0 fully saturated rings. The zero-order chi connectivity index (χ0) is 15.2. The van der Waals surface area contributed by atoms with Crippen molar-refractivity contribution in [1.29, 1.82) is 5.26 Å². The van der Waals surface area contributed by atoms with Gasteiger partial charge in [0.1, 0.15) is 17.5 Å². The number of anilines is 1. The second-order valence-electron chi connectivity index (χ2n) is 3.95. The minimum atomic E-state index is 0.0922. The molecule has 2 N–H and O–H groups in total. The molecule has 0 spiro atoms. The van der Waals surface area contributed by atoms with E-state index in [4.69, 9.17) is 16.9 Å². The van der Waals surface area contributed by atoms with Crippen molar-refractivity contribution >= 4 is 40.9 Å². The molecule has 0 bridgehead atoms. The Hall–Kier alpha value is -2.72. The highest BCUT2D eigenvalue weighted by molar-refractivity contribution is 6.28. The van der Waals surface area contributed by atoms with Crippen molar-refractivity contribution in [1.82, 2.24) is 15.0 Å². The van der Waals surface area contributed by atoms with Gasteiger partial charge in [-0.1, -0.05) is 0 Å². The van der Waals surface area contributed by atoms with Crippen molar-refractivity contribution < 1.29 is 0 Å². The number of halogens is 1. The summed E-state index contributed by atoms with van der Waals surface area (Å²) >= 11 is 5.88. The minimum Gasteiger partial charge on any atom is -0.364 e. The van der Waals surface area contributed by atoms with E-state index in [9.17, 15) is 0 Å². The van der Waals surface area contributed by atoms with Crippen molar-refractivity contribution in [3.63, 3.8) is 0 Å². The predicted molar refractivity (Wildman–Crippen MR) is 84.2 cm³/mol. The SMILES string of the molecule is C=N/C=C\C(CNc1nc(Cl)nc2[nH]cc(C#N)c12)=N/C. The zero-order valence-corrected chi connectivity index (χ0v) is 12.0. The lowest BCUT2D eigenvalue weighted by Crippen LogP contribution is -2.13.